The van der Waals surface area contributed by atoms with E-state index in [0.717, 1.165) is 12.0 Å². The molecule has 0 radical (unpaired) electrons. The number of hydrogen-bond acceptors (Lipinski definition) is 1. The molecule has 0 saturated heterocycles. The highest BCUT2D eigenvalue weighted by molar-refractivity contribution is 5.56. The summed E-state index contributed by atoms with van der Waals surface area (Å²) in [6, 6.07) is 0. The van der Waals surface area contributed by atoms with E-state index >= 15 is 0 Å². The molecule has 6 heavy (non-hydrogen) atoms. The molecular weight excluding hydrogens is 74.1 g/mol. The number of hydrogen-bond donors (Lipinski definition) is 1. The third-order valence-electron chi connectivity index (χ3n) is 0.451. The van der Waals surface area contributed by atoms with E-state index in [9.17, 15) is 0 Å². The van der Waals surface area contributed by atoms with Crippen LogP contribution >= 0.6 is 0 Å². The third kappa shape index (κ3) is 3.41. The molecule has 0 aromatic carbocycles. The summed E-state index contributed by atoms with van der Waals surface area (Å²) in [6.45, 7) is 5.50. The summed E-state index contributed by atoms with van der Waals surface area (Å²) in [4.78, 5) is 0. The van der Waals surface area contributed by atoms with Crippen LogP contribution in [0.25, 0.3) is 0 Å². The van der Waals surface area contributed by atoms with Gasteiger partial charge >= 0.3 is 0 Å². The van der Waals surface area contributed by atoms with Gasteiger partial charge in [-0.25, -0.2) is 0 Å². The second kappa shape index (κ2) is 2.64. The molecule has 1 N–H and O–H groups in total. The van der Waals surface area contributed by atoms with E-state index in [2.05, 4.69) is 6.58 Å². The monoisotopic (exact) mass is 83.1 g/mol. The van der Waals surface area contributed by atoms with E-state index in [-0.39, 0.29) is 0 Å². The van der Waals surface area contributed by atoms with Crippen molar-refractivity contribution < 1.29 is 0 Å². The van der Waals surface area contributed by atoms with Crippen LogP contribution in [0.2, 0.25) is 0 Å². The Bertz CT molecular complexity index is 64.3. The summed E-state index contributed by atoms with van der Waals surface area (Å²) in [5, 5.41) is 6.55. The quantitative estimate of drug-likeness (QED) is 0.387. The van der Waals surface area contributed by atoms with Crippen LogP contribution in [0.15, 0.2) is 12.2 Å². The second-order valence-corrected chi connectivity index (χ2v) is 1.37. The molecule has 0 spiro atoms. The van der Waals surface area contributed by atoms with E-state index < -0.39 is 0 Å². The zero-order chi connectivity index (χ0) is 4.99. The van der Waals surface area contributed by atoms with Gasteiger partial charge in [0, 0.05) is 6.42 Å². The zero-order valence-corrected chi connectivity index (χ0v) is 3.99. The van der Waals surface area contributed by atoms with E-state index in [1.807, 2.05) is 6.92 Å². The van der Waals surface area contributed by atoms with Gasteiger partial charge in [-0.05, 0) is 13.1 Å². The van der Waals surface area contributed by atoms with Crippen molar-refractivity contribution in [2.45, 2.75) is 13.3 Å². The first-order valence-corrected chi connectivity index (χ1v) is 1.90. The zero-order valence-electron chi connectivity index (χ0n) is 3.99. The molecule has 0 unspecified atom stereocenters. The van der Waals surface area contributed by atoms with Crippen molar-refractivity contribution in [2.24, 2.45) is 0 Å². The van der Waals surface area contributed by atoms with Gasteiger partial charge in [0.25, 0.3) is 0 Å². The molecule has 0 aliphatic heterocycles. The first-order chi connectivity index (χ1) is 2.77. The maximum absolute atomic E-state index is 6.55. The van der Waals surface area contributed by atoms with Gasteiger partial charge in [-0.1, -0.05) is 12.2 Å². The Labute approximate surface area is 38.2 Å². The number of rotatable bonds is 2. The summed E-state index contributed by atoms with van der Waals surface area (Å²) in [5.41, 5.74) is 1.05. The Balaban J connectivity index is 3.05. The van der Waals surface area contributed by atoms with Crippen LogP contribution in [0, 0.1) is 5.41 Å². The van der Waals surface area contributed by atoms with Crippen molar-refractivity contribution in [3.8, 4) is 0 Å². The lowest BCUT2D eigenvalue weighted by Gasteiger charge is -1.81. The molecule has 0 aliphatic rings. The molecule has 0 heterocycles. The van der Waals surface area contributed by atoms with Gasteiger partial charge in [0.15, 0.2) is 0 Å². The smallest absolute Gasteiger partial charge is 0.00247 e. The second-order valence-electron chi connectivity index (χ2n) is 1.37. The predicted octanol–water partition coefficient (Wildman–Crippen LogP) is 1.60. The van der Waals surface area contributed by atoms with Gasteiger partial charge < -0.3 is 5.41 Å². The van der Waals surface area contributed by atoms with Crippen LogP contribution in [-0.4, -0.2) is 6.21 Å². The Kier molecular flexibility index (Phi) is 2.38. The first-order valence-electron chi connectivity index (χ1n) is 1.90. The molecule has 1 nitrogen and oxygen atoms in total. The Morgan fingerprint density at radius 3 is 2.50 bits per heavy atom. The summed E-state index contributed by atoms with van der Waals surface area (Å²) in [7, 11) is 0. The van der Waals surface area contributed by atoms with Crippen molar-refractivity contribution in [3.63, 3.8) is 0 Å². The lowest BCUT2D eigenvalue weighted by molar-refractivity contribution is 1.29. The van der Waals surface area contributed by atoms with Gasteiger partial charge in [-0.3, -0.25) is 0 Å². The summed E-state index contributed by atoms with van der Waals surface area (Å²) >= 11 is 0. The molecule has 0 aromatic rings. The van der Waals surface area contributed by atoms with Crippen LogP contribution < -0.4 is 0 Å². The topological polar surface area (TPSA) is 23.9 Å². The van der Waals surface area contributed by atoms with Crippen LogP contribution in [0.1, 0.15) is 13.3 Å². The normalized spacial score (nSPS) is 7.50. The molecule has 1 heteroatoms. The van der Waals surface area contributed by atoms with Crippen LogP contribution in [0.5, 0.6) is 0 Å². The van der Waals surface area contributed by atoms with E-state index in [0.29, 0.717) is 0 Å². The van der Waals surface area contributed by atoms with Gasteiger partial charge in [0.1, 0.15) is 0 Å². The van der Waals surface area contributed by atoms with Crippen LogP contribution in [-0.2, 0) is 0 Å². The molecule has 34 valence electrons. The van der Waals surface area contributed by atoms with E-state index in [1.165, 1.54) is 6.21 Å². The molecule has 0 amide bonds. The van der Waals surface area contributed by atoms with Crippen molar-refractivity contribution in [1.29, 1.82) is 5.41 Å². The molecule has 0 aliphatic carbocycles. The molecule has 0 rings (SSSR count). The van der Waals surface area contributed by atoms with Crippen molar-refractivity contribution in [1.82, 2.24) is 0 Å². The standard InChI is InChI=1S/C5H9N/c1-5(2)3-4-6/h4,6H,1,3H2,2H3. The van der Waals surface area contributed by atoms with Crippen molar-refractivity contribution >= 4 is 6.21 Å². The Morgan fingerprint density at radius 2 is 2.50 bits per heavy atom. The minimum atomic E-state index is 0.722. The molecule has 0 bridgehead atoms. The predicted molar refractivity (Wildman–Crippen MR) is 28.2 cm³/mol. The van der Waals surface area contributed by atoms with Crippen LogP contribution in [0.3, 0.4) is 0 Å². The van der Waals surface area contributed by atoms with Gasteiger partial charge in [0.2, 0.25) is 0 Å². The third-order valence-corrected chi connectivity index (χ3v) is 0.451. The van der Waals surface area contributed by atoms with Crippen molar-refractivity contribution in [3.05, 3.63) is 12.2 Å². The van der Waals surface area contributed by atoms with E-state index in [4.69, 9.17) is 5.41 Å². The number of allylic oxidation sites excluding steroid dienone is 1. The highest BCUT2D eigenvalue weighted by Crippen LogP contribution is 1.87. The average Bonchev–Trinajstić information content (AvgIpc) is 1.35. The SMILES string of the molecule is C=C(C)CC=N. The maximum Gasteiger partial charge on any atom is 0.00247 e. The summed E-state index contributed by atoms with van der Waals surface area (Å²) in [6.07, 6.45) is 2.07. The summed E-state index contributed by atoms with van der Waals surface area (Å²) < 4.78 is 0. The van der Waals surface area contributed by atoms with Crippen LogP contribution in [0.4, 0.5) is 0 Å². The molecule has 0 atom stereocenters. The van der Waals surface area contributed by atoms with Gasteiger partial charge in [0.05, 0.1) is 0 Å². The maximum atomic E-state index is 6.55. The molecule has 0 fully saturated rings. The minimum absolute atomic E-state index is 0.722. The fourth-order valence-corrected chi connectivity index (χ4v) is 0.174. The Hall–Kier alpha value is -0.590. The molecule has 0 aromatic heterocycles. The summed E-state index contributed by atoms with van der Waals surface area (Å²) in [5.74, 6) is 0. The average molecular weight is 83.1 g/mol. The van der Waals surface area contributed by atoms with Gasteiger partial charge in [-0.15, -0.1) is 0 Å². The lowest BCUT2D eigenvalue weighted by atomic mass is 10.3. The number of nitrogens with one attached hydrogen (secondary N) is 1. The lowest BCUT2D eigenvalue weighted by Crippen LogP contribution is -1.70. The highest BCUT2D eigenvalue weighted by Gasteiger charge is 1.73. The van der Waals surface area contributed by atoms with Crippen molar-refractivity contribution in [2.75, 3.05) is 0 Å². The molecular formula is C5H9N. The van der Waals surface area contributed by atoms with Gasteiger partial charge in [-0.2, -0.15) is 0 Å². The largest absolute Gasteiger partial charge is 0.313 e. The fraction of sp³-hybridized carbons (Fsp3) is 0.400. The minimum Gasteiger partial charge on any atom is -0.313 e. The fourth-order valence-electron chi connectivity index (χ4n) is 0.174. The highest BCUT2D eigenvalue weighted by atomic mass is 14.3. The van der Waals surface area contributed by atoms with E-state index in [1.54, 1.807) is 0 Å². The first kappa shape index (κ1) is 5.41. The Morgan fingerprint density at radius 1 is 2.00 bits per heavy atom. The molecule has 0 saturated carbocycles.